The Hall–Kier alpha value is -0.900. The molecule has 1 heterocycles. The van der Waals surface area contributed by atoms with E-state index in [9.17, 15) is 5.11 Å². The number of likely N-dealkylation sites (N-methyl/N-ethyl adjacent to an activating group) is 1. The van der Waals surface area contributed by atoms with Crippen molar-refractivity contribution in [2.75, 3.05) is 20.1 Å². The number of β-amino-alcohol motifs (C(OH)–C–C–N with tert-alkyl or cyclic N) is 1. The van der Waals surface area contributed by atoms with E-state index in [4.69, 9.17) is 5.73 Å². The first-order valence-corrected chi connectivity index (χ1v) is 5.34. The molecule has 0 spiro atoms. The second-order valence-corrected chi connectivity index (χ2v) is 4.43. The molecule has 0 aromatic heterocycles. The van der Waals surface area contributed by atoms with E-state index in [0.29, 0.717) is 6.54 Å². The minimum absolute atomic E-state index is 0.487. The van der Waals surface area contributed by atoms with Crippen LogP contribution in [-0.2, 0) is 5.54 Å². The van der Waals surface area contributed by atoms with Crippen LogP contribution in [0.3, 0.4) is 0 Å². The predicted octanol–water partition coefficient (Wildman–Crippen LogP) is 0.537. The molecule has 2 rings (SSSR count). The van der Waals surface area contributed by atoms with Crippen LogP contribution in [0, 0.1) is 0 Å². The van der Waals surface area contributed by atoms with Crippen LogP contribution in [0.5, 0.6) is 0 Å². The average Bonchev–Trinajstić information content (AvgIpc) is 2.25. The Morgan fingerprint density at radius 2 is 2.07 bits per heavy atom. The number of hydrogen-bond acceptors (Lipinski definition) is 3. The highest BCUT2D eigenvalue weighted by atomic mass is 16.3. The maximum absolute atomic E-state index is 10.1. The van der Waals surface area contributed by atoms with Gasteiger partial charge in [-0.1, -0.05) is 30.3 Å². The van der Waals surface area contributed by atoms with Gasteiger partial charge in [0.25, 0.3) is 0 Å². The van der Waals surface area contributed by atoms with Gasteiger partial charge in [0.15, 0.2) is 0 Å². The lowest BCUT2D eigenvalue weighted by Gasteiger charge is -2.42. The molecule has 1 aliphatic heterocycles. The Morgan fingerprint density at radius 3 is 2.67 bits per heavy atom. The second-order valence-electron chi connectivity index (χ2n) is 4.43. The van der Waals surface area contributed by atoms with Crippen molar-refractivity contribution in [3.8, 4) is 0 Å². The number of nitrogens with zero attached hydrogens (tertiary/aromatic N) is 1. The van der Waals surface area contributed by atoms with Gasteiger partial charge in [-0.05, 0) is 19.0 Å². The lowest BCUT2D eigenvalue weighted by molar-refractivity contribution is 0.0109. The van der Waals surface area contributed by atoms with E-state index >= 15 is 0 Å². The van der Waals surface area contributed by atoms with Crippen LogP contribution in [0.1, 0.15) is 12.0 Å². The Morgan fingerprint density at radius 1 is 1.40 bits per heavy atom. The summed E-state index contributed by atoms with van der Waals surface area (Å²) in [6.45, 7) is 1.58. The summed E-state index contributed by atoms with van der Waals surface area (Å²) < 4.78 is 0. The molecule has 0 aliphatic carbocycles. The predicted molar refractivity (Wildman–Crippen MR) is 60.4 cm³/mol. The van der Waals surface area contributed by atoms with E-state index in [1.165, 1.54) is 0 Å². The molecule has 0 radical (unpaired) electrons. The standard InChI is InChI=1S/C12H18N2O/c1-14-8-7-12(13,11(15)9-14)10-5-3-2-4-6-10/h2-6,11,15H,7-9,13H2,1H3. The summed E-state index contributed by atoms with van der Waals surface area (Å²) in [6, 6.07) is 9.89. The normalized spacial score (nSPS) is 32.9. The number of hydrogen-bond donors (Lipinski definition) is 2. The molecule has 2 atom stereocenters. The summed E-state index contributed by atoms with van der Waals surface area (Å²) in [6.07, 6.45) is 0.313. The van der Waals surface area contributed by atoms with E-state index in [0.717, 1.165) is 18.5 Å². The number of piperidine rings is 1. The lowest BCUT2D eigenvalue weighted by atomic mass is 9.80. The van der Waals surface area contributed by atoms with Gasteiger partial charge in [0.05, 0.1) is 11.6 Å². The van der Waals surface area contributed by atoms with E-state index in [-0.39, 0.29) is 0 Å². The Kier molecular flexibility index (Phi) is 2.78. The SMILES string of the molecule is CN1CCC(N)(c2ccccc2)C(O)C1. The molecular weight excluding hydrogens is 188 g/mol. The number of aliphatic hydroxyl groups is 1. The van der Waals surface area contributed by atoms with Crippen molar-refractivity contribution >= 4 is 0 Å². The minimum Gasteiger partial charge on any atom is -0.390 e. The smallest absolute Gasteiger partial charge is 0.0888 e. The molecule has 1 fully saturated rings. The molecule has 1 saturated heterocycles. The van der Waals surface area contributed by atoms with Crippen molar-refractivity contribution < 1.29 is 5.11 Å². The second kappa shape index (κ2) is 3.93. The highest BCUT2D eigenvalue weighted by Crippen LogP contribution is 2.29. The zero-order valence-electron chi connectivity index (χ0n) is 9.06. The van der Waals surface area contributed by atoms with Crippen LogP contribution in [-0.4, -0.2) is 36.2 Å². The molecule has 3 heteroatoms. The van der Waals surface area contributed by atoms with Gasteiger partial charge in [-0.25, -0.2) is 0 Å². The van der Waals surface area contributed by atoms with Gasteiger partial charge in [0.2, 0.25) is 0 Å². The Balaban J connectivity index is 2.27. The number of benzene rings is 1. The number of aliphatic hydroxyl groups excluding tert-OH is 1. The van der Waals surface area contributed by atoms with Gasteiger partial charge >= 0.3 is 0 Å². The number of rotatable bonds is 1. The van der Waals surface area contributed by atoms with Crippen LogP contribution in [0.2, 0.25) is 0 Å². The van der Waals surface area contributed by atoms with Crippen molar-refractivity contribution in [3.05, 3.63) is 35.9 Å². The molecule has 1 aliphatic rings. The van der Waals surface area contributed by atoms with Crippen molar-refractivity contribution in [2.45, 2.75) is 18.1 Å². The van der Waals surface area contributed by atoms with Gasteiger partial charge in [-0.15, -0.1) is 0 Å². The molecule has 1 aromatic rings. The van der Waals surface area contributed by atoms with Crippen molar-refractivity contribution in [2.24, 2.45) is 5.73 Å². The van der Waals surface area contributed by atoms with Crippen LogP contribution in [0.4, 0.5) is 0 Å². The van der Waals surface area contributed by atoms with Crippen LogP contribution < -0.4 is 5.73 Å². The summed E-state index contributed by atoms with van der Waals surface area (Å²) in [5.41, 5.74) is 6.77. The van der Waals surface area contributed by atoms with Crippen molar-refractivity contribution in [1.29, 1.82) is 0 Å². The van der Waals surface area contributed by atoms with Gasteiger partial charge in [-0.2, -0.15) is 0 Å². The highest BCUT2D eigenvalue weighted by molar-refractivity contribution is 5.26. The summed E-state index contributed by atoms with van der Waals surface area (Å²) in [7, 11) is 2.01. The first kappa shape index (κ1) is 10.6. The van der Waals surface area contributed by atoms with Crippen molar-refractivity contribution in [1.82, 2.24) is 4.90 Å². The topological polar surface area (TPSA) is 49.5 Å². The van der Waals surface area contributed by atoms with Crippen LogP contribution in [0.25, 0.3) is 0 Å². The molecule has 82 valence electrons. The Labute approximate surface area is 90.5 Å². The maximum atomic E-state index is 10.1. The monoisotopic (exact) mass is 206 g/mol. The molecule has 0 amide bonds. The summed E-state index contributed by atoms with van der Waals surface area (Å²) in [5.74, 6) is 0. The third-order valence-corrected chi connectivity index (χ3v) is 3.30. The van der Waals surface area contributed by atoms with E-state index in [2.05, 4.69) is 4.90 Å². The summed E-state index contributed by atoms with van der Waals surface area (Å²) >= 11 is 0. The van der Waals surface area contributed by atoms with Gasteiger partial charge < -0.3 is 15.7 Å². The number of nitrogens with two attached hydrogens (primary N) is 1. The average molecular weight is 206 g/mol. The lowest BCUT2D eigenvalue weighted by Crippen LogP contribution is -2.57. The fourth-order valence-corrected chi connectivity index (χ4v) is 2.18. The zero-order valence-corrected chi connectivity index (χ0v) is 9.06. The van der Waals surface area contributed by atoms with Crippen LogP contribution >= 0.6 is 0 Å². The third kappa shape index (κ3) is 1.91. The summed E-state index contributed by atoms with van der Waals surface area (Å²) in [5, 5.41) is 10.1. The molecule has 3 nitrogen and oxygen atoms in total. The molecule has 0 saturated carbocycles. The molecule has 15 heavy (non-hydrogen) atoms. The minimum atomic E-state index is -0.576. The maximum Gasteiger partial charge on any atom is 0.0888 e. The fourth-order valence-electron chi connectivity index (χ4n) is 2.18. The van der Waals surface area contributed by atoms with E-state index in [1.54, 1.807) is 0 Å². The van der Waals surface area contributed by atoms with Gasteiger partial charge in [-0.3, -0.25) is 0 Å². The summed E-state index contributed by atoms with van der Waals surface area (Å²) in [4.78, 5) is 2.11. The zero-order chi connectivity index (χ0) is 10.9. The van der Waals surface area contributed by atoms with Gasteiger partial charge in [0, 0.05) is 13.1 Å². The van der Waals surface area contributed by atoms with Crippen LogP contribution in [0.15, 0.2) is 30.3 Å². The Bertz CT molecular complexity index is 328. The quantitative estimate of drug-likeness (QED) is 0.705. The fraction of sp³-hybridized carbons (Fsp3) is 0.500. The third-order valence-electron chi connectivity index (χ3n) is 3.30. The molecule has 2 unspecified atom stereocenters. The first-order valence-electron chi connectivity index (χ1n) is 5.34. The van der Waals surface area contributed by atoms with E-state index in [1.807, 2.05) is 37.4 Å². The molecule has 1 aromatic carbocycles. The first-order chi connectivity index (χ1) is 7.13. The largest absolute Gasteiger partial charge is 0.390 e. The van der Waals surface area contributed by atoms with Gasteiger partial charge in [0.1, 0.15) is 0 Å². The molecule has 3 N–H and O–H groups in total. The van der Waals surface area contributed by atoms with Crippen molar-refractivity contribution in [3.63, 3.8) is 0 Å². The van der Waals surface area contributed by atoms with E-state index < -0.39 is 11.6 Å². The highest BCUT2D eigenvalue weighted by Gasteiger charge is 2.39. The number of likely N-dealkylation sites (tertiary alicyclic amines) is 1. The molecular formula is C12H18N2O. The molecule has 0 bridgehead atoms.